The van der Waals surface area contributed by atoms with Crippen LogP contribution in [0.3, 0.4) is 0 Å². The fourth-order valence-corrected chi connectivity index (χ4v) is 2.72. The van der Waals surface area contributed by atoms with Crippen LogP contribution in [0.25, 0.3) is 21.6 Å². The molecule has 92 valence electrons. The minimum atomic E-state index is 0.605. The first-order valence-electron chi connectivity index (χ1n) is 5.72. The number of hydrogen-bond donors (Lipinski definition) is 1. The second kappa shape index (κ2) is 4.47. The second-order valence-electron chi connectivity index (χ2n) is 4.10. The highest BCUT2D eigenvalue weighted by Gasteiger charge is 2.08. The van der Waals surface area contributed by atoms with Crippen molar-refractivity contribution in [2.24, 2.45) is 12.8 Å². The van der Waals surface area contributed by atoms with Crippen LogP contribution in [0.2, 0.25) is 0 Å². The van der Waals surface area contributed by atoms with Crippen molar-refractivity contribution in [3.8, 4) is 10.6 Å². The van der Waals surface area contributed by atoms with E-state index in [4.69, 9.17) is 5.73 Å². The Kier molecular flexibility index (Phi) is 2.81. The monoisotopic (exact) mass is 259 g/mol. The Bertz CT molecular complexity index is 685. The Morgan fingerprint density at radius 1 is 1.33 bits per heavy atom. The molecule has 2 N–H and O–H groups in total. The van der Waals surface area contributed by atoms with Gasteiger partial charge in [-0.2, -0.15) is 0 Å². The number of aryl methyl sites for hydroxylation is 1. The lowest BCUT2D eigenvalue weighted by Crippen LogP contribution is -2.01. The molecule has 0 amide bonds. The van der Waals surface area contributed by atoms with Crippen molar-refractivity contribution in [1.82, 2.24) is 19.7 Å². The summed E-state index contributed by atoms with van der Waals surface area (Å²) >= 11 is 1.59. The number of nitrogens with two attached hydrogens (primary N) is 1. The molecule has 0 spiro atoms. The summed E-state index contributed by atoms with van der Waals surface area (Å²) in [5.41, 5.74) is 8.66. The molecule has 0 aliphatic carbocycles. The van der Waals surface area contributed by atoms with Gasteiger partial charge in [0, 0.05) is 19.0 Å². The average molecular weight is 259 g/mol. The highest BCUT2D eigenvalue weighted by Crippen LogP contribution is 2.26. The second-order valence-corrected chi connectivity index (χ2v) is 5.16. The highest BCUT2D eigenvalue weighted by atomic mass is 32.1. The average Bonchev–Trinajstić information content (AvgIpc) is 2.97. The van der Waals surface area contributed by atoms with Gasteiger partial charge in [-0.25, -0.2) is 4.98 Å². The first kappa shape index (κ1) is 11.3. The molecule has 2 heterocycles. The molecular weight excluding hydrogens is 246 g/mol. The number of hydrogen-bond acceptors (Lipinski definition) is 5. The summed E-state index contributed by atoms with van der Waals surface area (Å²) in [6, 6.07) is 6.15. The molecule has 0 saturated heterocycles. The van der Waals surface area contributed by atoms with Crippen LogP contribution in [0, 0.1) is 0 Å². The lowest BCUT2D eigenvalue weighted by Gasteiger charge is -1.97. The molecule has 2 aromatic heterocycles. The first-order chi connectivity index (χ1) is 8.78. The predicted molar refractivity (Wildman–Crippen MR) is 72.4 cm³/mol. The maximum absolute atomic E-state index is 5.51. The van der Waals surface area contributed by atoms with Crippen LogP contribution in [0.1, 0.15) is 5.01 Å². The molecule has 0 aliphatic heterocycles. The normalized spacial score (nSPS) is 11.2. The number of benzene rings is 1. The van der Waals surface area contributed by atoms with E-state index in [1.54, 1.807) is 11.3 Å². The minimum Gasteiger partial charge on any atom is -0.334 e. The van der Waals surface area contributed by atoms with Crippen molar-refractivity contribution in [2.75, 3.05) is 6.54 Å². The molecule has 0 atom stereocenters. The zero-order valence-corrected chi connectivity index (χ0v) is 10.8. The molecule has 18 heavy (non-hydrogen) atoms. The molecule has 1 aromatic carbocycles. The van der Waals surface area contributed by atoms with E-state index in [1.165, 1.54) is 0 Å². The lowest BCUT2D eigenvalue weighted by molar-refractivity contribution is 0.913. The van der Waals surface area contributed by atoms with Crippen molar-refractivity contribution >= 4 is 22.4 Å². The zero-order valence-electron chi connectivity index (χ0n) is 10.00. The lowest BCUT2D eigenvalue weighted by atomic mass is 10.2. The van der Waals surface area contributed by atoms with Crippen LogP contribution in [-0.4, -0.2) is 26.3 Å². The van der Waals surface area contributed by atoms with Gasteiger partial charge in [-0.15, -0.1) is 10.2 Å². The van der Waals surface area contributed by atoms with Gasteiger partial charge in [0.05, 0.1) is 17.4 Å². The van der Waals surface area contributed by atoms with Crippen molar-refractivity contribution < 1.29 is 0 Å². The van der Waals surface area contributed by atoms with Crippen LogP contribution in [0.15, 0.2) is 24.5 Å². The largest absolute Gasteiger partial charge is 0.334 e. The molecule has 0 fully saturated rings. The van der Waals surface area contributed by atoms with Gasteiger partial charge in [0.15, 0.2) is 0 Å². The summed E-state index contributed by atoms with van der Waals surface area (Å²) in [6.45, 7) is 0.605. The third-order valence-electron chi connectivity index (χ3n) is 2.80. The van der Waals surface area contributed by atoms with E-state index >= 15 is 0 Å². The third kappa shape index (κ3) is 1.89. The topological polar surface area (TPSA) is 69.6 Å². The van der Waals surface area contributed by atoms with E-state index in [1.807, 2.05) is 24.0 Å². The molecule has 0 unspecified atom stereocenters. The Morgan fingerprint density at radius 2 is 2.22 bits per heavy atom. The Balaban J connectivity index is 2.02. The van der Waals surface area contributed by atoms with Crippen LogP contribution in [-0.2, 0) is 13.5 Å². The van der Waals surface area contributed by atoms with Gasteiger partial charge in [-0.3, -0.25) is 0 Å². The summed E-state index contributed by atoms with van der Waals surface area (Å²) in [5, 5.41) is 10.2. The van der Waals surface area contributed by atoms with Crippen molar-refractivity contribution in [2.45, 2.75) is 6.42 Å². The van der Waals surface area contributed by atoms with Crippen LogP contribution < -0.4 is 5.73 Å². The molecular formula is C12H13N5S. The molecule has 0 saturated carbocycles. The number of rotatable bonds is 3. The van der Waals surface area contributed by atoms with Gasteiger partial charge in [-0.1, -0.05) is 11.3 Å². The summed E-state index contributed by atoms with van der Waals surface area (Å²) in [6.07, 6.45) is 2.60. The number of aromatic nitrogens is 4. The van der Waals surface area contributed by atoms with Crippen molar-refractivity contribution in [3.63, 3.8) is 0 Å². The van der Waals surface area contributed by atoms with E-state index in [-0.39, 0.29) is 0 Å². The fraction of sp³-hybridized carbons (Fsp3) is 0.250. The van der Waals surface area contributed by atoms with Crippen molar-refractivity contribution in [1.29, 1.82) is 0 Å². The van der Waals surface area contributed by atoms with Gasteiger partial charge >= 0.3 is 0 Å². The number of imidazole rings is 1. The SMILES string of the molecule is Cn1cnc2cc(-c3nnc(CCN)s3)ccc21. The van der Waals surface area contributed by atoms with Crippen LogP contribution >= 0.6 is 11.3 Å². The van der Waals surface area contributed by atoms with Gasteiger partial charge in [0.25, 0.3) is 0 Å². The summed E-state index contributed by atoms with van der Waals surface area (Å²) in [4.78, 5) is 4.35. The third-order valence-corrected chi connectivity index (χ3v) is 3.83. The molecule has 6 heteroatoms. The van der Waals surface area contributed by atoms with E-state index in [0.29, 0.717) is 6.54 Å². The molecule has 3 aromatic rings. The van der Waals surface area contributed by atoms with Crippen LogP contribution in [0.5, 0.6) is 0 Å². The van der Waals surface area contributed by atoms with Gasteiger partial charge < -0.3 is 10.3 Å². The molecule has 3 rings (SSSR count). The van der Waals surface area contributed by atoms with E-state index in [9.17, 15) is 0 Å². The van der Waals surface area contributed by atoms with Gasteiger partial charge in [0.1, 0.15) is 10.0 Å². The minimum absolute atomic E-state index is 0.605. The van der Waals surface area contributed by atoms with E-state index < -0.39 is 0 Å². The molecule has 0 bridgehead atoms. The fourth-order valence-electron chi connectivity index (χ4n) is 1.86. The number of fused-ring (bicyclic) bond motifs is 1. The van der Waals surface area contributed by atoms with Gasteiger partial charge in [0.2, 0.25) is 0 Å². The molecule has 0 radical (unpaired) electrons. The molecule has 5 nitrogen and oxygen atoms in total. The maximum atomic E-state index is 5.51. The van der Waals surface area contributed by atoms with Crippen molar-refractivity contribution in [3.05, 3.63) is 29.5 Å². The molecule has 0 aliphatic rings. The standard InChI is InChI=1S/C12H13N5S/c1-17-7-14-9-6-8(2-3-10(9)17)12-16-15-11(18-12)4-5-13/h2-3,6-7H,4-5,13H2,1H3. The summed E-state index contributed by atoms with van der Waals surface area (Å²) in [5.74, 6) is 0. The predicted octanol–water partition coefficient (Wildman–Crippen LogP) is 1.59. The van der Waals surface area contributed by atoms with Crippen LogP contribution in [0.4, 0.5) is 0 Å². The summed E-state index contributed by atoms with van der Waals surface area (Å²) in [7, 11) is 1.99. The quantitative estimate of drug-likeness (QED) is 0.775. The first-order valence-corrected chi connectivity index (χ1v) is 6.53. The smallest absolute Gasteiger partial charge is 0.147 e. The highest BCUT2D eigenvalue weighted by molar-refractivity contribution is 7.14. The van der Waals surface area contributed by atoms with Gasteiger partial charge in [-0.05, 0) is 24.7 Å². The Morgan fingerprint density at radius 3 is 3.06 bits per heavy atom. The number of nitrogens with zero attached hydrogens (tertiary/aromatic N) is 4. The summed E-state index contributed by atoms with van der Waals surface area (Å²) < 4.78 is 2.00. The van der Waals surface area contributed by atoms with E-state index in [0.717, 1.165) is 33.0 Å². The maximum Gasteiger partial charge on any atom is 0.147 e. The Labute approximate surface area is 108 Å². The van der Waals surface area contributed by atoms with E-state index in [2.05, 4.69) is 27.3 Å². The Hall–Kier alpha value is -1.79. The zero-order chi connectivity index (χ0) is 12.5.